The van der Waals surface area contributed by atoms with E-state index < -0.39 is 0 Å². The summed E-state index contributed by atoms with van der Waals surface area (Å²) < 4.78 is 0. The molecule has 0 fully saturated rings. The summed E-state index contributed by atoms with van der Waals surface area (Å²) in [5.74, 6) is 3.76. The van der Waals surface area contributed by atoms with E-state index in [1.807, 2.05) is 37.0 Å². The summed E-state index contributed by atoms with van der Waals surface area (Å²) in [6.45, 7) is 3.72. The number of rotatable bonds is 0. The van der Waals surface area contributed by atoms with Gasteiger partial charge in [0.25, 0.3) is 0 Å². The van der Waals surface area contributed by atoms with Gasteiger partial charge in [0.2, 0.25) is 5.96 Å². The Bertz CT molecular complexity index is 514. The van der Waals surface area contributed by atoms with Gasteiger partial charge in [0, 0.05) is 0 Å². The minimum atomic E-state index is 0.653. The third-order valence-corrected chi connectivity index (χ3v) is 2.23. The third-order valence-electron chi connectivity index (χ3n) is 2.23. The summed E-state index contributed by atoms with van der Waals surface area (Å²) in [5, 5.41) is 0. The van der Waals surface area contributed by atoms with E-state index in [2.05, 4.69) is 20.0 Å². The fraction of sp³-hybridized carbons (Fsp3) is 0.200. The molecule has 3 rings (SSSR count). The van der Waals surface area contributed by atoms with E-state index in [4.69, 9.17) is 0 Å². The number of allylic oxidation sites excluding steroid dienone is 2. The number of guanidine groups is 1. The topological polar surface area (TPSA) is 52.7 Å². The Morgan fingerprint density at radius 3 is 2.67 bits per heavy atom. The van der Waals surface area contributed by atoms with Crippen molar-refractivity contribution in [3.05, 3.63) is 24.0 Å². The lowest BCUT2D eigenvalue weighted by molar-refractivity contribution is 0.710. The molecular weight excluding hydrogens is 190 g/mol. The maximum Gasteiger partial charge on any atom is 0.240 e. The fourth-order valence-electron chi connectivity index (χ4n) is 1.66. The van der Waals surface area contributed by atoms with E-state index in [1.165, 1.54) is 0 Å². The molecule has 74 valence electrons. The molecule has 0 amide bonds. The second kappa shape index (κ2) is 2.73. The predicted molar refractivity (Wildman–Crippen MR) is 60.2 cm³/mol. The first kappa shape index (κ1) is 8.28. The number of hydrogen-bond donors (Lipinski definition) is 0. The molecule has 5 heteroatoms. The van der Waals surface area contributed by atoms with Crippen LogP contribution in [-0.2, 0) is 0 Å². The zero-order valence-electron chi connectivity index (χ0n) is 8.47. The van der Waals surface area contributed by atoms with Crippen LogP contribution in [0.5, 0.6) is 0 Å². The summed E-state index contributed by atoms with van der Waals surface area (Å²) in [4.78, 5) is 19.1. The molecule has 3 aliphatic rings. The molecule has 0 saturated carbocycles. The molecule has 0 aliphatic carbocycles. The van der Waals surface area contributed by atoms with Crippen molar-refractivity contribution in [2.75, 3.05) is 0 Å². The van der Waals surface area contributed by atoms with Gasteiger partial charge in [-0.25, -0.2) is 14.9 Å². The van der Waals surface area contributed by atoms with E-state index in [0.717, 1.165) is 23.3 Å². The largest absolute Gasteiger partial charge is 0.246 e. The molecule has 3 aliphatic heterocycles. The molecule has 0 N–H and O–H groups in total. The van der Waals surface area contributed by atoms with Crippen molar-refractivity contribution in [3.63, 3.8) is 0 Å². The zero-order chi connectivity index (χ0) is 10.4. The van der Waals surface area contributed by atoms with Crippen LogP contribution in [0.15, 0.2) is 44.0 Å². The van der Waals surface area contributed by atoms with E-state index in [-0.39, 0.29) is 0 Å². The number of hydrogen-bond acceptors (Lipinski definition) is 5. The molecule has 0 unspecified atom stereocenters. The predicted octanol–water partition coefficient (Wildman–Crippen LogP) is 1.32. The first-order valence-corrected chi connectivity index (χ1v) is 4.70. The minimum Gasteiger partial charge on any atom is -0.246 e. The summed E-state index contributed by atoms with van der Waals surface area (Å²) >= 11 is 0. The highest BCUT2D eigenvalue weighted by Gasteiger charge is 2.28. The third kappa shape index (κ3) is 1.16. The highest BCUT2D eigenvalue weighted by Crippen LogP contribution is 2.21. The van der Waals surface area contributed by atoms with Gasteiger partial charge in [-0.05, 0) is 26.0 Å². The Morgan fingerprint density at radius 2 is 1.80 bits per heavy atom. The van der Waals surface area contributed by atoms with Crippen LogP contribution < -0.4 is 0 Å². The van der Waals surface area contributed by atoms with E-state index in [0.29, 0.717) is 5.96 Å². The molecule has 0 radical (unpaired) electrons. The van der Waals surface area contributed by atoms with E-state index in [1.54, 1.807) is 0 Å². The Morgan fingerprint density at radius 1 is 1.00 bits per heavy atom. The SMILES string of the molecule is CC1=NC2=CC=CC3=NC(C)=NC(=N1)N23. The van der Waals surface area contributed by atoms with Crippen LogP contribution in [0.4, 0.5) is 0 Å². The van der Waals surface area contributed by atoms with Crippen molar-refractivity contribution < 1.29 is 0 Å². The van der Waals surface area contributed by atoms with E-state index in [9.17, 15) is 0 Å². The highest BCUT2D eigenvalue weighted by molar-refractivity contribution is 6.20. The molecule has 0 aromatic carbocycles. The average molecular weight is 199 g/mol. The molecule has 0 saturated heterocycles. The van der Waals surface area contributed by atoms with Crippen molar-refractivity contribution >= 4 is 23.5 Å². The number of nitrogens with zero attached hydrogens (tertiary/aromatic N) is 5. The van der Waals surface area contributed by atoms with Crippen molar-refractivity contribution in [2.24, 2.45) is 20.0 Å². The molecule has 5 nitrogen and oxygen atoms in total. The summed E-state index contributed by atoms with van der Waals surface area (Å²) in [6, 6.07) is 0. The summed E-state index contributed by atoms with van der Waals surface area (Å²) in [7, 11) is 0. The van der Waals surface area contributed by atoms with Crippen LogP contribution in [0.3, 0.4) is 0 Å². The first-order valence-electron chi connectivity index (χ1n) is 4.70. The van der Waals surface area contributed by atoms with Gasteiger partial charge < -0.3 is 0 Å². The molecule has 0 aromatic rings. The van der Waals surface area contributed by atoms with Crippen molar-refractivity contribution in [2.45, 2.75) is 13.8 Å². The van der Waals surface area contributed by atoms with Crippen LogP contribution in [0.25, 0.3) is 0 Å². The number of aliphatic imine (C=N–C) groups is 4. The summed E-state index contributed by atoms with van der Waals surface area (Å²) in [5.41, 5.74) is 0. The standard InChI is InChI=1S/C10H9N5/c1-6-11-8-4-3-5-9-12-7(2)14-10(13-6)15(8)9/h3-5H,1-2H3. The second-order valence-corrected chi connectivity index (χ2v) is 3.42. The molecule has 0 bridgehead atoms. The lowest BCUT2D eigenvalue weighted by Crippen LogP contribution is -2.40. The van der Waals surface area contributed by atoms with Gasteiger partial charge in [-0.15, -0.1) is 0 Å². The quantitative estimate of drug-likeness (QED) is 0.580. The van der Waals surface area contributed by atoms with Crippen molar-refractivity contribution in [1.29, 1.82) is 0 Å². The van der Waals surface area contributed by atoms with Crippen LogP contribution in [0, 0.1) is 0 Å². The maximum absolute atomic E-state index is 4.33. The Labute approximate surface area is 87.0 Å². The Hall–Kier alpha value is -2.04. The van der Waals surface area contributed by atoms with Gasteiger partial charge in [-0.2, -0.15) is 9.98 Å². The molecular formula is C10H9N5. The molecule has 15 heavy (non-hydrogen) atoms. The van der Waals surface area contributed by atoms with Crippen LogP contribution >= 0.6 is 0 Å². The van der Waals surface area contributed by atoms with Crippen molar-refractivity contribution in [3.8, 4) is 0 Å². The zero-order valence-corrected chi connectivity index (χ0v) is 8.47. The molecule has 3 heterocycles. The van der Waals surface area contributed by atoms with Gasteiger partial charge in [-0.3, -0.25) is 0 Å². The molecule has 0 spiro atoms. The van der Waals surface area contributed by atoms with Crippen LogP contribution in [-0.4, -0.2) is 28.4 Å². The molecule has 0 aromatic heterocycles. The van der Waals surface area contributed by atoms with Gasteiger partial charge >= 0.3 is 0 Å². The smallest absolute Gasteiger partial charge is 0.240 e. The van der Waals surface area contributed by atoms with Crippen LogP contribution in [0.1, 0.15) is 13.8 Å². The van der Waals surface area contributed by atoms with Crippen LogP contribution in [0.2, 0.25) is 0 Å². The highest BCUT2D eigenvalue weighted by atomic mass is 15.4. The first-order chi connectivity index (χ1) is 7.24. The Balaban J connectivity index is 2.23. The fourth-order valence-corrected chi connectivity index (χ4v) is 1.66. The van der Waals surface area contributed by atoms with E-state index >= 15 is 0 Å². The Kier molecular flexibility index (Phi) is 1.50. The second-order valence-electron chi connectivity index (χ2n) is 3.42. The monoisotopic (exact) mass is 199 g/mol. The lowest BCUT2D eigenvalue weighted by atomic mass is 10.3. The van der Waals surface area contributed by atoms with Crippen molar-refractivity contribution in [1.82, 2.24) is 4.90 Å². The van der Waals surface area contributed by atoms with Gasteiger partial charge in [0.15, 0.2) is 0 Å². The number of amidine groups is 3. The lowest BCUT2D eigenvalue weighted by Gasteiger charge is -2.30. The van der Waals surface area contributed by atoms with Gasteiger partial charge in [0.05, 0.1) is 0 Å². The molecule has 0 atom stereocenters. The minimum absolute atomic E-state index is 0.653. The van der Waals surface area contributed by atoms with Gasteiger partial charge in [0.1, 0.15) is 23.3 Å². The maximum atomic E-state index is 4.33. The van der Waals surface area contributed by atoms with Gasteiger partial charge in [-0.1, -0.05) is 6.08 Å². The normalized spacial score (nSPS) is 22.3. The summed E-state index contributed by atoms with van der Waals surface area (Å²) in [6.07, 6.45) is 5.78. The average Bonchev–Trinajstić information content (AvgIpc) is 2.16.